The smallest absolute Gasteiger partial charge is 0.230 e. The molecule has 1 saturated carbocycles. The van der Waals surface area contributed by atoms with Crippen LogP contribution in [0.2, 0.25) is 0 Å². The average molecular weight is 455 g/mol. The van der Waals surface area contributed by atoms with Crippen LogP contribution < -0.4 is 5.32 Å². The van der Waals surface area contributed by atoms with Gasteiger partial charge < -0.3 is 9.88 Å². The second kappa shape index (κ2) is 11.5. The lowest BCUT2D eigenvalue weighted by Gasteiger charge is -2.25. The van der Waals surface area contributed by atoms with Gasteiger partial charge in [-0.2, -0.15) is 0 Å². The third kappa shape index (κ3) is 6.43. The van der Waals surface area contributed by atoms with Crippen molar-refractivity contribution in [2.45, 2.75) is 62.6 Å². The van der Waals surface area contributed by atoms with E-state index < -0.39 is 0 Å². The molecular formula is C24H30N4OS2. The number of carbonyl (C=O) groups is 1. The van der Waals surface area contributed by atoms with E-state index in [4.69, 9.17) is 0 Å². The first kappa shape index (κ1) is 22.1. The standard InChI is InChI=1S/C24H30N4OS2/c29-23(25-15-7-11-19-9-3-1-4-10-19)18-31-24-27-26-22(17-21-14-8-16-30-21)28(24)20-12-5-2-6-13-20/h1,3-4,8-10,14,16,20H,2,5-7,11-13,15,17-18H2,(H,25,29). The monoisotopic (exact) mass is 454 g/mol. The van der Waals surface area contributed by atoms with E-state index in [1.54, 1.807) is 11.3 Å². The van der Waals surface area contributed by atoms with Crippen molar-refractivity contribution in [3.05, 3.63) is 64.1 Å². The maximum absolute atomic E-state index is 12.4. The molecule has 5 nitrogen and oxygen atoms in total. The number of amides is 1. The van der Waals surface area contributed by atoms with Crippen molar-refractivity contribution in [3.8, 4) is 0 Å². The van der Waals surface area contributed by atoms with Gasteiger partial charge in [-0.3, -0.25) is 4.79 Å². The van der Waals surface area contributed by atoms with Crippen LogP contribution in [0.3, 0.4) is 0 Å². The van der Waals surface area contributed by atoms with Gasteiger partial charge in [0, 0.05) is 23.9 Å². The largest absolute Gasteiger partial charge is 0.355 e. The van der Waals surface area contributed by atoms with Gasteiger partial charge in [-0.25, -0.2) is 0 Å². The first-order valence-electron chi connectivity index (χ1n) is 11.2. The van der Waals surface area contributed by atoms with Crippen molar-refractivity contribution in [1.82, 2.24) is 20.1 Å². The summed E-state index contributed by atoms with van der Waals surface area (Å²) in [6.07, 6.45) is 8.92. The summed E-state index contributed by atoms with van der Waals surface area (Å²) in [6.45, 7) is 0.702. The van der Waals surface area contributed by atoms with E-state index in [1.807, 2.05) is 6.07 Å². The van der Waals surface area contributed by atoms with Crippen LogP contribution >= 0.6 is 23.1 Å². The maximum Gasteiger partial charge on any atom is 0.230 e. The molecule has 0 aliphatic heterocycles. The first-order chi connectivity index (χ1) is 15.3. The highest BCUT2D eigenvalue weighted by Crippen LogP contribution is 2.33. The number of aryl methyl sites for hydroxylation is 1. The van der Waals surface area contributed by atoms with Crippen LogP contribution in [0.25, 0.3) is 0 Å². The van der Waals surface area contributed by atoms with Gasteiger partial charge in [-0.15, -0.1) is 21.5 Å². The van der Waals surface area contributed by atoms with Crippen LogP contribution in [0.15, 0.2) is 53.0 Å². The highest BCUT2D eigenvalue weighted by molar-refractivity contribution is 7.99. The summed E-state index contributed by atoms with van der Waals surface area (Å²) in [4.78, 5) is 13.7. The Balaban J connectivity index is 1.31. The van der Waals surface area contributed by atoms with Crippen molar-refractivity contribution in [3.63, 3.8) is 0 Å². The molecule has 31 heavy (non-hydrogen) atoms. The number of thioether (sulfide) groups is 1. The molecule has 4 rings (SSSR count). The van der Waals surface area contributed by atoms with Crippen LogP contribution in [-0.2, 0) is 17.6 Å². The van der Waals surface area contributed by atoms with Crippen molar-refractivity contribution in [1.29, 1.82) is 0 Å². The molecule has 0 atom stereocenters. The topological polar surface area (TPSA) is 59.8 Å². The molecule has 7 heteroatoms. The summed E-state index contributed by atoms with van der Waals surface area (Å²) in [7, 11) is 0. The van der Waals surface area contributed by atoms with Gasteiger partial charge in [0.05, 0.1) is 5.75 Å². The zero-order valence-corrected chi connectivity index (χ0v) is 19.5. The Morgan fingerprint density at radius 3 is 2.71 bits per heavy atom. The Morgan fingerprint density at radius 1 is 1.10 bits per heavy atom. The van der Waals surface area contributed by atoms with Crippen LogP contribution in [0.4, 0.5) is 0 Å². The number of carbonyl (C=O) groups excluding carboxylic acids is 1. The Morgan fingerprint density at radius 2 is 1.94 bits per heavy atom. The van der Waals surface area contributed by atoms with E-state index in [0.717, 1.165) is 30.2 Å². The van der Waals surface area contributed by atoms with E-state index in [2.05, 4.69) is 61.9 Å². The molecule has 3 aromatic rings. The van der Waals surface area contributed by atoms with Crippen molar-refractivity contribution in [2.75, 3.05) is 12.3 Å². The van der Waals surface area contributed by atoms with Gasteiger partial charge in [-0.05, 0) is 42.7 Å². The molecule has 0 unspecified atom stereocenters. The number of aromatic nitrogens is 3. The minimum absolute atomic E-state index is 0.0658. The van der Waals surface area contributed by atoms with E-state index in [1.165, 1.54) is 54.3 Å². The van der Waals surface area contributed by atoms with Gasteiger partial charge in [-0.1, -0.05) is 67.4 Å². The fourth-order valence-electron chi connectivity index (χ4n) is 4.15. The summed E-state index contributed by atoms with van der Waals surface area (Å²) in [6, 6.07) is 15.1. The fraction of sp³-hybridized carbons (Fsp3) is 0.458. The Hall–Kier alpha value is -2.12. The van der Waals surface area contributed by atoms with E-state index in [0.29, 0.717) is 18.3 Å². The van der Waals surface area contributed by atoms with Gasteiger partial charge in [0.25, 0.3) is 0 Å². The van der Waals surface area contributed by atoms with Gasteiger partial charge in [0.2, 0.25) is 5.91 Å². The quantitative estimate of drug-likeness (QED) is 0.335. The molecule has 1 aliphatic rings. The lowest BCUT2D eigenvalue weighted by Crippen LogP contribution is -2.26. The first-order valence-corrected chi connectivity index (χ1v) is 13.1. The minimum Gasteiger partial charge on any atom is -0.355 e. The number of hydrogen-bond acceptors (Lipinski definition) is 5. The molecule has 2 aromatic heterocycles. The maximum atomic E-state index is 12.4. The second-order valence-corrected chi connectivity index (χ2v) is 10.0. The Kier molecular flexibility index (Phi) is 8.18. The normalized spacial score (nSPS) is 14.6. The number of rotatable bonds is 10. The molecule has 1 N–H and O–H groups in total. The zero-order valence-electron chi connectivity index (χ0n) is 17.8. The predicted molar refractivity (Wildman–Crippen MR) is 128 cm³/mol. The van der Waals surface area contributed by atoms with Crippen molar-refractivity contribution in [2.24, 2.45) is 0 Å². The average Bonchev–Trinajstić information content (AvgIpc) is 3.47. The van der Waals surface area contributed by atoms with Crippen LogP contribution in [0, 0.1) is 0 Å². The molecule has 1 aliphatic carbocycles. The van der Waals surface area contributed by atoms with Crippen LogP contribution in [0.5, 0.6) is 0 Å². The number of nitrogens with zero attached hydrogens (tertiary/aromatic N) is 3. The van der Waals surface area contributed by atoms with E-state index in [9.17, 15) is 4.79 Å². The summed E-state index contributed by atoms with van der Waals surface area (Å²) in [5.74, 6) is 1.48. The summed E-state index contributed by atoms with van der Waals surface area (Å²) in [5, 5.41) is 15.0. The van der Waals surface area contributed by atoms with Crippen LogP contribution in [0.1, 0.15) is 60.8 Å². The summed E-state index contributed by atoms with van der Waals surface area (Å²) in [5.41, 5.74) is 1.31. The fourth-order valence-corrected chi connectivity index (χ4v) is 5.70. The molecule has 0 spiro atoms. The summed E-state index contributed by atoms with van der Waals surface area (Å²) >= 11 is 3.28. The SMILES string of the molecule is O=C(CSc1nnc(Cc2cccs2)n1C1CCCCC1)NCCCc1ccccc1. The molecule has 1 amide bonds. The van der Waals surface area contributed by atoms with Gasteiger partial charge in [0.1, 0.15) is 5.82 Å². The van der Waals surface area contributed by atoms with Crippen molar-refractivity contribution < 1.29 is 4.79 Å². The van der Waals surface area contributed by atoms with Gasteiger partial charge >= 0.3 is 0 Å². The Bertz CT molecular complexity index is 934. The third-order valence-corrected chi connectivity index (χ3v) is 7.55. The summed E-state index contributed by atoms with van der Waals surface area (Å²) < 4.78 is 2.33. The molecule has 1 fully saturated rings. The molecule has 0 radical (unpaired) electrons. The number of benzene rings is 1. The van der Waals surface area contributed by atoms with E-state index in [-0.39, 0.29) is 5.91 Å². The number of thiophene rings is 1. The lowest BCUT2D eigenvalue weighted by molar-refractivity contribution is -0.118. The second-order valence-electron chi connectivity index (χ2n) is 8.04. The number of nitrogens with one attached hydrogen (secondary N) is 1. The minimum atomic E-state index is 0.0658. The van der Waals surface area contributed by atoms with Crippen LogP contribution in [-0.4, -0.2) is 33.0 Å². The van der Waals surface area contributed by atoms with Gasteiger partial charge in [0.15, 0.2) is 5.16 Å². The highest BCUT2D eigenvalue weighted by Gasteiger charge is 2.23. The molecule has 2 heterocycles. The zero-order chi connectivity index (χ0) is 21.3. The van der Waals surface area contributed by atoms with Crippen molar-refractivity contribution >= 4 is 29.0 Å². The third-order valence-electron chi connectivity index (χ3n) is 5.73. The Labute approximate surface area is 192 Å². The lowest BCUT2D eigenvalue weighted by atomic mass is 9.95. The predicted octanol–water partition coefficient (Wildman–Crippen LogP) is 5.28. The number of hydrogen-bond donors (Lipinski definition) is 1. The molecule has 0 bridgehead atoms. The molecular weight excluding hydrogens is 424 g/mol. The highest BCUT2D eigenvalue weighted by atomic mass is 32.2. The molecule has 164 valence electrons. The van der Waals surface area contributed by atoms with E-state index >= 15 is 0 Å². The molecule has 0 saturated heterocycles. The molecule has 1 aromatic carbocycles.